The van der Waals surface area contributed by atoms with Gasteiger partial charge in [-0.25, -0.2) is 0 Å². The Balaban J connectivity index is 0. The van der Waals surface area contributed by atoms with Crippen LogP contribution in [0, 0.1) is 11.8 Å². The van der Waals surface area contributed by atoms with Gasteiger partial charge in [0.15, 0.2) is 0 Å². The molecule has 13 heteroatoms. The van der Waals surface area contributed by atoms with Crippen LogP contribution in [0.1, 0.15) is 12.8 Å². The molecular weight excluding hydrogens is 418 g/mol. The van der Waals surface area contributed by atoms with Crippen molar-refractivity contribution in [2.75, 3.05) is 30.3 Å². The number of hydrogen-bond acceptors (Lipinski definition) is 8. The molecule has 0 aliphatic rings. The van der Waals surface area contributed by atoms with Gasteiger partial charge in [-0.05, 0) is 12.2 Å². The molecule has 0 aromatic carbocycles. The van der Waals surface area contributed by atoms with Crippen molar-refractivity contribution >= 4 is 67.5 Å². The zero-order valence-corrected chi connectivity index (χ0v) is 17.1. The molecule has 156 valence electrons. The molecule has 0 heterocycles. The molecule has 0 saturated carbocycles. The Hall–Kier alpha value is -1.60. The van der Waals surface area contributed by atoms with Crippen molar-refractivity contribution in [3.05, 3.63) is 0 Å². The van der Waals surface area contributed by atoms with E-state index in [0.717, 1.165) is 12.2 Å². The summed E-state index contributed by atoms with van der Waals surface area (Å²) >= 11 is 11.4. The smallest absolute Gasteiger partial charge is 0.316 e. The second kappa shape index (κ2) is 16.6. The molecule has 0 aliphatic heterocycles. The maximum Gasteiger partial charge on any atom is 0.316 e. The van der Waals surface area contributed by atoms with E-state index in [-0.39, 0.29) is 30.5 Å². The van der Waals surface area contributed by atoms with Gasteiger partial charge in [0.05, 0.1) is 0 Å². The molecule has 0 fully saturated rings. The molecule has 0 aromatic heterocycles. The third-order valence-corrected chi connectivity index (χ3v) is 3.95. The van der Waals surface area contributed by atoms with Crippen molar-refractivity contribution < 1.29 is 34.2 Å². The number of hydrogen-bond donors (Lipinski definition) is 8. The standard InChI is InChI=1S/C10H16N2O6S2.C4H9NOS/c13-7(5(3-19)9(15)16)11-1-2-12-8(14)6(4-20)10(17)18;5-4(6)2-1-3-7/h5-6,19-20H,1-4H2,(H,11,13)(H,12,14)(H,15,16)(H,17,18);7H,1-3H2,(H2,5,6). The molecule has 10 nitrogen and oxygen atoms in total. The molecule has 27 heavy (non-hydrogen) atoms. The molecule has 0 aliphatic carbocycles. The summed E-state index contributed by atoms with van der Waals surface area (Å²) in [5.74, 6) is -6.34. The van der Waals surface area contributed by atoms with Gasteiger partial charge in [0.1, 0.15) is 11.8 Å². The predicted octanol–water partition coefficient (Wildman–Crippen LogP) is -1.34. The maximum absolute atomic E-state index is 11.4. The van der Waals surface area contributed by atoms with Crippen LogP contribution in [0.5, 0.6) is 0 Å². The normalized spacial score (nSPS) is 12.0. The fourth-order valence-electron chi connectivity index (χ4n) is 1.42. The first-order chi connectivity index (χ1) is 12.6. The highest BCUT2D eigenvalue weighted by atomic mass is 32.1. The van der Waals surface area contributed by atoms with Crippen LogP contribution in [0.2, 0.25) is 0 Å². The second-order valence-corrected chi connectivity index (χ2v) is 6.20. The zero-order valence-electron chi connectivity index (χ0n) is 14.5. The number of rotatable bonds is 12. The molecule has 0 saturated heterocycles. The first-order valence-electron chi connectivity index (χ1n) is 7.74. The van der Waals surface area contributed by atoms with Crippen molar-refractivity contribution in [3.8, 4) is 0 Å². The molecule has 0 rings (SSSR count). The minimum absolute atomic E-state index is 0.0129. The van der Waals surface area contributed by atoms with E-state index in [0.29, 0.717) is 6.42 Å². The highest BCUT2D eigenvalue weighted by molar-refractivity contribution is 7.80. The SMILES string of the molecule is NC(=O)CCCS.O=C(O)C(CS)C(=O)NCCNC(=O)C(CS)C(=O)O. The predicted molar refractivity (Wildman–Crippen MR) is 108 cm³/mol. The fraction of sp³-hybridized carbons (Fsp3) is 0.643. The lowest BCUT2D eigenvalue weighted by molar-refractivity contribution is -0.147. The van der Waals surface area contributed by atoms with Gasteiger partial charge >= 0.3 is 11.9 Å². The van der Waals surface area contributed by atoms with Gasteiger partial charge in [0.25, 0.3) is 0 Å². The van der Waals surface area contributed by atoms with Crippen LogP contribution in [0.4, 0.5) is 0 Å². The van der Waals surface area contributed by atoms with E-state index >= 15 is 0 Å². The van der Waals surface area contributed by atoms with Gasteiger partial charge < -0.3 is 26.6 Å². The number of thiol groups is 3. The van der Waals surface area contributed by atoms with Crippen LogP contribution in [0.3, 0.4) is 0 Å². The van der Waals surface area contributed by atoms with E-state index in [4.69, 9.17) is 15.9 Å². The lowest BCUT2D eigenvalue weighted by atomic mass is 10.1. The number of nitrogens with two attached hydrogens (primary N) is 1. The third-order valence-electron chi connectivity index (χ3n) is 2.90. The Kier molecular flexibility index (Phi) is 16.9. The summed E-state index contributed by atoms with van der Waals surface area (Å²) in [7, 11) is 0. The van der Waals surface area contributed by atoms with Gasteiger partial charge in [-0.1, -0.05) is 0 Å². The molecule has 0 aromatic rings. The number of primary amides is 1. The summed E-state index contributed by atoms with van der Waals surface area (Å²) in [4.78, 5) is 54.1. The Bertz CT molecular complexity index is 484. The highest BCUT2D eigenvalue weighted by Gasteiger charge is 2.25. The average molecular weight is 444 g/mol. The Labute approximate surface area is 173 Å². The number of carboxylic acids is 2. The first kappa shape index (κ1) is 27.6. The van der Waals surface area contributed by atoms with Crippen molar-refractivity contribution in [1.82, 2.24) is 10.6 Å². The average Bonchev–Trinajstić information content (AvgIpc) is 2.58. The first-order valence-corrected chi connectivity index (χ1v) is 9.63. The van der Waals surface area contributed by atoms with E-state index in [1.807, 2.05) is 0 Å². The zero-order chi connectivity index (χ0) is 21.4. The molecule has 3 amide bonds. The van der Waals surface area contributed by atoms with Crippen LogP contribution in [0.15, 0.2) is 0 Å². The lowest BCUT2D eigenvalue weighted by Gasteiger charge is -2.12. The van der Waals surface area contributed by atoms with Crippen LogP contribution >= 0.6 is 37.9 Å². The van der Waals surface area contributed by atoms with E-state index in [2.05, 4.69) is 48.5 Å². The fourth-order valence-corrected chi connectivity index (χ4v) is 2.22. The largest absolute Gasteiger partial charge is 0.481 e. The van der Waals surface area contributed by atoms with Crippen LogP contribution < -0.4 is 16.4 Å². The maximum atomic E-state index is 11.4. The van der Waals surface area contributed by atoms with Gasteiger partial charge in [-0.2, -0.15) is 37.9 Å². The summed E-state index contributed by atoms with van der Waals surface area (Å²) in [6.45, 7) is -0.0257. The molecule has 0 bridgehead atoms. The number of nitrogens with one attached hydrogen (secondary N) is 2. The number of aliphatic carboxylic acids is 2. The number of carboxylic acid groups (broad SMARTS) is 2. The van der Waals surface area contributed by atoms with E-state index in [9.17, 15) is 24.0 Å². The van der Waals surface area contributed by atoms with Gasteiger partial charge in [0.2, 0.25) is 17.7 Å². The van der Waals surface area contributed by atoms with E-state index in [1.165, 1.54) is 0 Å². The minimum Gasteiger partial charge on any atom is -0.481 e. The van der Waals surface area contributed by atoms with Gasteiger partial charge in [-0.15, -0.1) is 0 Å². The number of carbonyl (C=O) groups excluding carboxylic acids is 3. The summed E-state index contributed by atoms with van der Waals surface area (Å²) in [6, 6.07) is 0. The monoisotopic (exact) mass is 443 g/mol. The van der Waals surface area contributed by atoms with Crippen LogP contribution in [-0.4, -0.2) is 70.2 Å². The second-order valence-electron chi connectivity index (χ2n) is 5.02. The molecule has 0 radical (unpaired) electrons. The lowest BCUT2D eigenvalue weighted by Crippen LogP contribution is -2.43. The highest BCUT2D eigenvalue weighted by Crippen LogP contribution is 2.00. The van der Waals surface area contributed by atoms with Crippen molar-refractivity contribution in [3.63, 3.8) is 0 Å². The van der Waals surface area contributed by atoms with Crippen LogP contribution in [0.25, 0.3) is 0 Å². The summed E-state index contributed by atoms with van der Waals surface area (Å²) < 4.78 is 0. The van der Waals surface area contributed by atoms with E-state index in [1.54, 1.807) is 0 Å². The van der Waals surface area contributed by atoms with Crippen molar-refractivity contribution in [2.24, 2.45) is 17.6 Å². The molecule has 2 unspecified atom stereocenters. The summed E-state index contributed by atoms with van der Waals surface area (Å²) in [6.07, 6.45) is 1.25. The number of carbonyl (C=O) groups is 5. The quantitative estimate of drug-likeness (QED) is 0.105. The van der Waals surface area contributed by atoms with Gasteiger partial charge in [0, 0.05) is 31.0 Å². The summed E-state index contributed by atoms with van der Waals surface area (Å²) in [5, 5.41) is 22.0. The molecule has 2 atom stereocenters. The van der Waals surface area contributed by atoms with Crippen molar-refractivity contribution in [2.45, 2.75) is 12.8 Å². The van der Waals surface area contributed by atoms with Crippen LogP contribution in [-0.2, 0) is 24.0 Å². The molecule has 6 N–H and O–H groups in total. The molecular formula is C14H25N3O7S3. The molecule has 0 spiro atoms. The number of amides is 3. The summed E-state index contributed by atoms with van der Waals surface area (Å²) in [5.41, 5.74) is 4.81. The van der Waals surface area contributed by atoms with E-state index < -0.39 is 35.6 Å². The Morgan fingerprint density at radius 3 is 1.37 bits per heavy atom. The minimum atomic E-state index is -1.29. The topological polar surface area (TPSA) is 176 Å². The Morgan fingerprint density at radius 2 is 1.19 bits per heavy atom. The van der Waals surface area contributed by atoms with Crippen molar-refractivity contribution in [1.29, 1.82) is 0 Å². The van der Waals surface area contributed by atoms with Gasteiger partial charge in [-0.3, -0.25) is 24.0 Å². The Morgan fingerprint density at radius 1 is 0.815 bits per heavy atom. The third kappa shape index (κ3) is 14.2.